The summed E-state index contributed by atoms with van der Waals surface area (Å²) in [5.74, 6) is 1.70. The second-order valence-electron chi connectivity index (χ2n) is 7.17. The second kappa shape index (κ2) is 7.10. The lowest BCUT2D eigenvalue weighted by Gasteiger charge is -2.30. The molecular weight excluding hydrogens is 312 g/mol. The first kappa shape index (κ1) is 17.2. The summed E-state index contributed by atoms with van der Waals surface area (Å²) in [6.07, 6.45) is 2.17. The predicted molar refractivity (Wildman–Crippen MR) is 99.7 cm³/mol. The van der Waals surface area contributed by atoms with E-state index in [2.05, 4.69) is 35.6 Å². The van der Waals surface area contributed by atoms with Gasteiger partial charge < -0.3 is 4.90 Å². The molecule has 0 unspecified atom stereocenters. The van der Waals surface area contributed by atoms with Crippen molar-refractivity contribution in [2.75, 3.05) is 18.0 Å². The van der Waals surface area contributed by atoms with Gasteiger partial charge in [-0.25, -0.2) is 4.98 Å². The Hall–Kier alpha value is -2.61. The number of benzene rings is 1. The van der Waals surface area contributed by atoms with Crippen molar-refractivity contribution < 1.29 is 0 Å². The highest BCUT2D eigenvalue weighted by Crippen LogP contribution is 2.25. The SMILES string of the molecule is CC1CCN(c2nc(-c3ccc(C(C)C)cc3)c(C#N)c(=O)[nH]2)CC1. The number of hydrogen-bond donors (Lipinski definition) is 1. The van der Waals surface area contributed by atoms with Crippen molar-refractivity contribution in [2.45, 2.75) is 39.5 Å². The topological polar surface area (TPSA) is 72.8 Å². The molecule has 25 heavy (non-hydrogen) atoms. The van der Waals surface area contributed by atoms with E-state index in [4.69, 9.17) is 0 Å². The molecular formula is C20H24N4O. The molecule has 5 nitrogen and oxygen atoms in total. The van der Waals surface area contributed by atoms with Crippen molar-refractivity contribution in [1.82, 2.24) is 9.97 Å². The molecule has 1 N–H and O–H groups in total. The maximum Gasteiger partial charge on any atom is 0.270 e. The van der Waals surface area contributed by atoms with Gasteiger partial charge in [0.1, 0.15) is 11.6 Å². The maximum absolute atomic E-state index is 12.4. The van der Waals surface area contributed by atoms with E-state index < -0.39 is 0 Å². The molecule has 2 heterocycles. The monoisotopic (exact) mass is 336 g/mol. The highest BCUT2D eigenvalue weighted by molar-refractivity contribution is 5.67. The van der Waals surface area contributed by atoms with Gasteiger partial charge in [-0.2, -0.15) is 5.26 Å². The van der Waals surface area contributed by atoms with Crippen LogP contribution in [0.1, 0.15) is 50.7 Å². The Morgan fingerprint density at radius 3 is 2.44 bits per heavy atom. The van der Waals surface area contributed by atoms with Crippen LogP contribution in [0, 0.1) is 17.2 Å². The van der Waals surface area contributed by atoms with E-state index in [1.807, 2.05) is 30.3 Å². The molecule has 0 saturated carbocycles. The molecule has 0 aliphatic carbocycles. The van der Waals surface area contributed by atoms with Crippen LogP contribution >= 0.6 is 0 Å². The quantitative estimate of drug-likeness (QED) is 0.928. The van der Waals surface area contributed by atoms with Crippen molar-refractivity contribution in [3.8, 4) is 17.3 Å². The van der Waals surface area contributed by atoms with Crippen LogP contribution in [0.25, 0.3) is 11.3 Å². The van der Waals surface area contributed by atoms with Gasteiger partial charge in [-0.15, -0.1) is 0 Å². The normalized spacial score (nSPS) is 15.4. The predicted octanol–water partition coefficient (Wildman–Crippen LogP) is 3.67. The Morgan fingerprint density at radius 1 is 1.24 bits per heavy atom. The van der Waals surface area contributed by atoms with E-state index in [9.17, 15) is 10.1 Å². The largest absolute Gasteiger partial charge is 0.342 e. The minimum absolute atomic E-state index is 0.0754. The van der Waals surface area contributed by atoms with Gasteiger partial charge >= 0.3 is 0 Å². The van der Waals surface area contributed by atoms with E-state index in [1.165, 1.54) is 5.56 Å². The third-order valence-corrected chi connectivity index (χ3v) is 4.95. The number of aromatic amines is 1. The van der Waals surface area contributed by atoms with Gasteiger partial charge in [-0.05, 0) is 30.2 Å². The van der Waals surface area contributed by atoms with E-state index in [1.54, 1.807) is 0 Å². The number of aromatic nitrogens is 2. The molecule has 1 aliphatic heterocycles. The molecule has 0 amide bonds. The van der Waals surface area contributed by atoms with E-state index in [0.717, 1.165) is 31.5 Å². The van der Waals surface area contributed by atoms with Gasteiger partial charge in [0.05, 0.1) is 5.69 Å². The highest BCUT2D eigenvalue weighted by atomic mass is 16.1. The average Bonchev–Trinajstić information content (AvgIpc) is 2.61. The lowest BCUT2D eigenvalue weighted by atomic mass is 9.99. The van der Waals surface area contributed by atoms with Gasteiger partial charge in [0, 0.05) is 18.7 Å². The maximum atomic E-state index is 12.4. The smallest absolute Gasteiger partial charge is 0.270 e. The Kier molecular flexibility index (Phi) is 4.89. The van der Waals surface area contributed by atoms with Crippen LogP contribution in [0.5, 0.6) is 0 Å². The molecule has 0 bridgehead atoms. The third kappa shape index (κ3) is 3.58. The average molecular weight is 336 g/mol. The van der Waals surface area contributed by atoms with Crippen LogP contribution in [0.3, 0.4) is 0 Å². The molecule has 1 aliphatic rings. The summed E-state index contributed by atoms with van der Waals surface area (Å²) in [7, 11) is 0. The zero-order chi connectivity index (χ0) is 18.0. The molecule has 0 spiro atoms. The lowest BCUT2D eigenvalue weighted by Crippen LogP contribution is -2.35. The summed E-state index contributed by atoms with van der Waals surface area (Å²) in [6, 6.07) is 9.97. The van der Waals surface area contributed by atoms with Gasteiger partial charge in [-0.1, -0.05) is 45.0 Å². The fourth-order valence-corrected chi connectivity index (χ4v) is 3.17. The minimum Gasteiger partial charge on any atom is -0.342 e. The van der Waals surface area contributed by atoms with E-state index in [0.29, 0.717) is 23.5 Å². The van der Waals surface area contributed by atoms with Crippen LogP contribution < -0.4 is 10.5 Å². The first-order valence-corrected chi connectivity index (χ1v) is 8.89. The highest BCUT2D eigenvalue weighted by Gasteiger charge is 2.20. The standard InChI is InChI=1S/C20H24N4O/c1-13(2)15-4-6-16(7-5-15)18-17(12-21)19(25)23-20(22-18)24-10-8-14(3)9-11-24/h4-7,13-14H,8-11H2,1-3H3,(H,22,23,25). The molecule has 1 aromatic heterocycles. The molecule has 5 heteroatoms. The summed E-state index contributed by atoms with van der Waals surface area (Å²) < 4.78 is 0. The van der Waals surface area contributed by atoms with Crippen LogP contribution in [0.2, 0.25) is 0 Å². The van der Waals surface area contributed by atoms with Crippen LogP contribution in [-0.2, 0) is 0 Å². The number of rotatable bonds is 3. The molecule has 1 fully saturated rings. The van der Waals surface area contributed by atoms with E-state index in [-0.39, 0.29) is 11.1 Å². The Balaban J connectivity index is 2.02. The molecule has 0 atom stereocenters. The number of hydrogen-bond acceptors (Lipinski definition) is 4. The number of nitrogens with zero attached hydrogens (tertiary/aromatic N) is 3. The van der Waals surface area contributed by atoms with E-state index >= 15 is 0 Å². The zero-order valence-corrected chi connectivity index (χ0v) is 15.0. The third-order valence-electron chi connectivity index (χ3n) is 4.95. The number of nitrogens with one attached hydrogen (secondary N) is 1. The number of piperidine rings is 1. The number of nitriles is 1. The van der Waals surface area contributed by atoms with Crippen LogP contribution in [0.4, 0.5) is 5.95 Å². The van der Waals surface area contributed by atoms with Crippen molar-refractivity contribution in [1.29, 1.82) is 5.26 Å². The molecule has 0 radical (unpaired) electrons. The van der Waals surface area contributed by atoms with Crippen molar-refractivity contribution >= 4 is 5.95 Å². The lowest BCUT2D eigenvalue weighted by molar-refractivity contribution is 0.434. The zero-order valence-electron chi connectivity index (χ0n) is 15.0. The molecule has 1 saturated heterocycles. The van der Waals surface area contributed by atoms with Gasteiger partial charge in [0.2, 0.25) is 5.95 Å². The van der Waals surface area contributed by atoms with Gasteiger partial charge in [-0.3, -0.25) is 9.78 Å². The Bertz CT molecular complexity index is 837. The molecule has 1 aromatic carbocycles. The fraction of sp³-hybridized carbons (Fsp3) is 0.450. The first-order valence-electron chi connectivity index (χ1n) is 8.89. The van der Waals surface area contributed by atoms with Crippen LogP contribution in [0.15, 0.2) is 29.1 Å². The summed E-state index contributed by atoms with van der Waals surface area (Å²) in [4.78, 5) is 21.9. The first-order chi connectivity index (χ1) is 12.0. The summed E-state index contributed by atoms with van der Waals surface area (Å²) in [5, 5.41) is 9.42. The van der Waals surface area contributed by atoms with Crippen LogP contribution in [-0.4, -0.2) is 23.1 Å². The van der Waals surface area contributed by atoms with Crippen molar-refractivity contribution in [3.05, 3.63) is 45.7 Å². The van der Waals surface area contributed by atoms with Gasteiger partial charge in [0.15, 0.2) is 0 Å². The Morgan fingerprint density at radius 2 is 1.88 bits per heavy atom. The number of H-pyrrole nitrogens is 1. The summed E-state index contributed by atoms with van der Waals surface area (Å²) >= 11 is 0. The molecule has 3 rings (SSSR count). The van der Waals surface area contributed by atoms with Crippen molar-refractivity contribution in [3.63, 3.8) is 0 Å². The minimum atomic E-state index is -0.367. The molecule has 2 aromatic rings. The summed E-state index contributed by atoms with van der Waals surface area (Å²) in [5.41, 5.74) is 2.20. The molecule has 130 valence electrons. The summed E-state index contributed by atoms with van der Waals surface area (Å²) in [6.45, 7) is 8.27. The fourth-order valence-electron chi connectivity index (χ4n) is 3.17. The van der Waals surface area contributed by atoms with Gasteiger partial charge in [0.25, 0.3) is 5.56 Å². The second-order valence-corrected chi connectivity index (χ2v) is 7.17. The van der Waals surface area contributed by atoms with Crippen molar-refractivity contribution in [2.24, 2.45) is 5.92 Å². The number of anilines is 1. The Labute approximate surface area is 148 Å².